The molecule has 1 heterocycles. The van der Waals surface area contributed by atoms with Gasteiger partial charge in [-0.1, -0.05) is 24.3 Å². The molecule has 0 radical (unpaired) electrons. The predicted molar refractivity (Wildman–Crippen MR) is 114 cm³/mol. The fourth-order valence-electron chi connectivity index (χ4n) is 4.87. The molecule has 1 aliphatic heterocycles. The van der Waals surface area contributed by atoms with Crippen LogP contribution in [0.5, 0.6) is 17.2 Å². The lowest BCUT2D eigenvalue weighted by Crippen LogP contribution is -2.33. The lowest BCUT2D eigenvalue weighted by Gasteiger charge is -2.39. The van der Waals surface area contributed by atoms with Crippen molar-refractivity contribution >= 4 is 0 Å². The van der Waals surface area contributed by atoms with Crippen LogP contribution >= 0.6 is 0 Å². The van der Waals surface area contributed by atoms with E-state index in [1.807, 2.05) is 19.1 Å². The van der Waals surface area contributed by atoms with E-state index in [9.17, 15) is 10.2 Å². The Morgan fingerprint density at radius 1 is 1.07 bits per heavy atom. The molecular weight excluding hydrogens is 364 g/mol. The van der Waals surface area contributed by atoms with Gasteiger partial charge in [0.05, 0.1) is 13.7 Å². The SMILES string of the molecule is COc1c(C)cc([C@@H]2c3ccc(O)c(C)c3OC[C@@H]2C2C=CC(O)=CC2)cc1C. The Morgan fingerprint density at radius 3 is 2.41 bits per heavy atom. The van der Waals surface area contributed by atoms with Gasteiger partial charge in [0.1, 0.15) is 23.0 Å². The molecule has 1 aliphatic carbocycles. The number of aromatic hydroxyl groups is 1. The number of benzene rings is 2. The van der Waals surface area contributed by atoms with Crippen LogP contribution in [0.4, 0.5) is 0 Å². The van der Waals surface area contributed by atoms with Gasteiger partial charge in [0.25, 0.3) is 0 Å². The van der Waals surface area contributed by atoms with Gasteiger partial charge in [-0.15, -0.1) is 0 Å². The van der Waals surface area contributed by atoms with Crippen molar-refractivity contribution < 1.29 is 19.7 Å². The fraction of sp³-hybridized carbons (Fsp3) is 0.360. The maximum absolute atomic E-state index is 10.2. The second-order valence-electron chi connectivity index (χ2n) is 8.16. The van der Waals surface area contributed by atoms with Crippen molar-refractivity contribution in [1.29, 1.82) is 0 Å². The highest BCUT2D eigenvalue weighted by Crippen LogP contribution is 2.49. The number of aryl methyl sites for hydroxylation is 2. The third-order valence-corrected chi connectivity index (χ3v) is 6.30. The molecule has 4 nitrogen and oxygen atoms in total. The number of rotatable bonds is 3. The van der Waals surface area contributed by atoms with Gasteiger partial charge in [0.2, 0.25) is 0 Å². The largest absolute Gasteiger partial charge is 0.508 e. The summed E-state index contributed by atoms with van der Waals surface area (Å²) in [5.74, 6) is 2.91. The van der Waals surface area contributed by atoms with Gasteiger partial charge in [-0.05, 0) is 68.0 Å². The van der Waals surface area contributed by atoms with Gasteiger partial charge in [-0.3, -0.25) is 0 Å². The minimum atomic E-state index is 0.129. The zero-order valence-corrected chi connectivity index (χ0v) is 17.4. The summed E-state index contributed by atoms with van der Waals surface area (Å²) in [6, 6.07) is 8.17. The highest BCUT2D eigenvalue weighted by molar-refractivity contribution is 5.55. The van der Waals surface area contributed by atoms with Crippen LogP contribution in [0.3, 0.4) is 0 Å². The number of fused-ring (bicyclic) bond motifs is 1. The number of hydrogen-bond acceptors (Lipinski definition) is 4. The van der Waals surface area contributed by atoms with Crippen LogP contribution < -0.4 is 9.47 Å². The topological polar surface area (TPSA) is 58.9 Å². The van der Waals surface area contributed by atoms with E-state index in [1.54, 1.807) is 19.3 Å². The molecule has 0 bridgehead atoms. The van der Waals surface area contributed by atoms with E-state index in [1.165, 1.54) is 5.56 Å². The minimum absolute atomic E-state index is 0.129. The molecule has 0 aromatic heterocycles. The second kappa shape index (κ2) is 7.51. The number of phenols is 1. The number of aliphatic hydroxyl groups excluding tert-OH is 1. The van der Waals surface area contributed by atoms with Crippen LogP contribution in [-0.4, -0.2) is 23.9 Å². The highest BCUT2D eigenvalue weighted by Gasteiger charge is 2.38. The van der Waals surface area contributed by atoms with Crippen molar-refractivity contribution in [3.05, 3.63) is 76.1 Å². The molecule has 2 aliphatic rings. The van der Waals surface area contributed by atoms with Crippen LogP contribution in [0, 0.1) is 32.6 Å². The average Bonchev–Trinajstić information content (AvgIpc) is 2.70. The first-order valence-electron chi connectivity index (χ1n) is 10.1. The summed E-state index contributed by atoms with van der Waals surface area (Å²) in [7, 11) is 1.71. The van der Waals surface area contributed by atoms with Crippen LogP contribution in [0.25, 0.3) is 0 Å². The van der Waals surface area contributed by atoms with Crippen molar-refractivity contribution in [2.24, 2.45) is 11.8 Å². The van der Waals surface area contributed by atoms with Gasteiger partial charge in [0.15, 0.2) is 0 Å². The highest BCUT2D eigenvalue weighted by atomic mass is 16.5. The lowest BCUT2D eigenvalue weighted by atomic mass is 9.70. The molecule has 4 rings (SSSR count). The first-order valence-corrected chi connectivity index (χ1v) is 10.1. The Labute approximate surface area is 172 Å². The van der Waals surface area contributed by atoms with E-state index < -0.39 is 0 Å². The molecule has 0 saturated carbocycles. The van der Waals surface area contributed by atoms with Crippen LogP contribution in [0.1, 0.15) is 40.2 Å². The Kier molecular flexibility index (Phi) is 5.03. The zero-order chi connectivity index (χ0) is 20.7. The van der Waals surface area contributed by atoms with E-state index in [4.69, 9.17) is 9.47 Å². The first-order chi connectivity index (χ1) is 13.9. The van der Waals surface area contributed by atoms with E-state index >= 15 is 0 Å². The van der Waals surface area contributed by atoms with Gasteiger partial charge >= 0.3 is 0 Å². The molecule has 0 saturated heterocycles. The van der Waals surface area contributed by atoms with Crippen LogP contribution in [0.15, 0.2) is 48.3 Å². The molecule has 0 spiro atoms. The quantitative estimate of drug-likeness (QED) is 0.726. The first kappa shape index (κ1) is 19.4. The molecule has 1 unspecified atom stereocenters. The van der Waals surface area contributed by atoms with E-state index in [0.29, 0.717) is 12.4 Å². The number of allylic oxidation sites excluding steroid dienone is 3. The summed E-state index contributed by atoms with van der Waals surface area (Å²) in [4.78, 5) is 0. The van der Waals surface area contributed by atoms with E-state index in [-0.39, 0.29) is 23.5 Å². The normalized spacial score (nSPS) is 23.2. The molecule has 3 atom stereocenters. The molecular formula is C25H28O4. The zero-order valence-electron chi connectivity index (χ0n) is 17.4. The maximum Gasteiger partial charge on any atom is 0.129 e. The van der Waals surface area contributed by atoms with Crippen LogP contribution in [-0.2, 0) is 0 Å². The summed E-state index contributed by atoms with van der Waals surface area (Å²) in [6.07, 6.45) is 6.54. The Hall–Kier alpha value is -2.88. The standard InChI is InChI=1S/C25H28O4/c1-14-11-18(12-15(2)24(14)28-4)23-20-9-10-22(27)16(3)25(20)29-13-21(23)17-5-7-19(26)8-6-17/h5,7-12,17,21,23,26-27H,6,13H2,1-4H3/t17?,21-,23-/m1/s1. The Bertz CT molecular complexity index is 979. The van der Waals surface area contributed by atoms with Crippen molar-refractivity contribution in [2.75, 3.05) is 13.7 Å². The van der Waals surface area contributed by atoms with Crippen molar-refractivity contribution in [1.82, 2.24) is 0 Å². The Morgan fingerprint density at radius 2 is 1.79 bits per heavy atom. The van der Waals surface area contributed by atoms with Crippen molar-refractivity contribution in [3.63, 3.8) is 0 Å². The third-order valence-electron chi connectivity index (χ3n) is 6.30. The molecule has 2 aromatic rings. The fourth-order valence-corrected chi connectivity index (χ4v) is 4.87. The molecule has 2 aromatic carbocycles. The van der Waals surface area contributed by atoms with Crippen molar-refractivity contribution in [2.45, 2.75) is 33.1 Å². The van der Waals surface area contributed by atoms with E-state index in [2.05, 4.69) is 32.1 Å². The monoisotopic (exact) mass is 392 g/mol. The number of ether oxygens (including phenoxy) is 2. The number of methoxy groups -OCH3 is 1. The molecule has 0 amide bonds. The number of aliphatic hydroxyl groups is 1. The lowest BCUT2D eigenvalue weighted by molar-refractivity contribution is 0.168. The van der Waals surface area contributed by atoms with Gasteiger partial charge in [-0.25, -0.2) is 0 Å². The molecule has 0 fully saturated rings. The average molecular weight is 392 g/mol. The number of hydrogen-bond donors (Lipinski definition) is 2. The molecule has 29 heavy (non-hydrogen) atoms. The minimum Gasteiger partial charge on any atom is -0.508 e. The molecule has 2 N–H and O–H groups in total. The van der Waals surface area contributed by atoms with E-state index in [0.717, 1.165) is 40.2 Å². The third kappa shape index (κ3) is 3.37. The summed E-state index contributed by atoms with van der Waals surface area (Å²) in [5.41, 5.74) is 5.34. The van der Waals surface area contributed by atoms with Gasteiger partial charge in [-0.2, -0.15) is 0 Å². The second-order valence-corrected chi connectivity index (χ2v) is 8.16. The van der Waals surface area contributed by atoms with Gasteiger partial charge < -0.3 is 19.7 Å². The molecule has 4 heteroatoms. The smallest absolute Gasteiger partial charge is 0.129 e. The summed E-state index contributed by atoms with van der Waals surface area (Å²) in [5, 5.41) is 20.0. The molecule has 152 valence electrons. The maximum atomic E-state index is 10.2. The number of phenolic OH excluding ortho intramolecular Hbond substituents is 1. The van der Waals surface area contributed by atoms with Crippen LogP contribution in [0.2, 0.25) is 0 Å². The summed E-state index contributed by atoms with van der Waals surface area (Å²) < 4.78 is 11.8. The summed E-state index contributed by atoms with van der Waals surface area (Å²) in [6.45, 7) is 6.62. The van der Waals surface area contributed by atoms with Crippen molar-refractivity contribution in [3.8, 4) is 17.2 Å². The Balaban J connectivity index is 1.86. The van der Waals surface area contributed by atoms with Gasteiger partial charge in [0, 0.05) is 23.0 Å². The summed E-state index contributed by atoms with van der Waals surface area (Å²) >= 11 is 0. The predicted octanol–water partition coefficient (Wildman–Crippen LogP) is 5.48.